The molecule has 7 heteroatoms. The molecule has 0 amide bonds. The molecule has 0 bridgehead atoms. The molecule has 0 unspecified atom stereocenters. The van der Waals surface area contributed by atoms with Gasteiger partial charge in [-0.05, 0) is 25.8 Å². The van der Waals surface area contributed by atoms with Gasteiger partial charge in [0.15, 0.2) is 4.96 Å². The summed E-state index contributed by atoms with van der Waals surface area (Å²) in [6.07, 6.45) is 1.62. The quantitative estimate of drug-likeness (QED) is 0.717. The molecule has 2 aromatic heterocycles. The van der Waals surface area contributed by atoms with Crippen molar-refractivity contribution in [1.82, 2.24) is 14.3 Å². The van der Waals surface area contributed by atoms with E-state index in [0.29, 0.717) is 9.74 Å². The van der Waals surface area contributed by atoms with Crippen LogP contribution in [0.3, 0.4) is 0 Å². The number of likely N-dealkylation sites (N-methyl/N-ethyl adjacent to an activating group) is 2. The molecule has 5 nitrogen and oxygen atoms in total. The molecule has 0 aliphatic carbocycles. The van der Waals surface area contributed by atoms with Crippen molar-refractivity contribution < 1.29 is 0 Å². The van der Waals surface area contributed by atoms with Crippen LogP contribution in [0.25, 0.3) is 4.96 Å². The number of thiazole rings is 1. The molecule has 2 heterocycles. The number of fused-ring (bicyclic) bond motifs is 1. The summed E-state index contributed by atoms with van der Waals surface area (Å²) in [4.78, 5) is 21.4. The second-order valence-electron chi connectivity index (χ2n) is 4.62. The number of aromatic nitrogens is 2. The Bertz CT molecular complexity index is 622. The van der Waals surface area contributed by atoms with E-state index in [9.17, 15) is 4.79 Å². The Morgan fingerprint density at radius 3 is 2.79 bits per heavy atom. The minimum absolute atomic E-state index is 0.0868. The fraction of sp³-hybridized carbons (Fsp3) is 0.500. The van der Waals surface area contributed by atoms with Gasteiger partial charge in [-0.15, -0.1) is 11.3 Å². The lowest BCUT2D eigenvalue weighted by Gasteiger charge is -2.23. The van der Waals surface area contributed by atoms with Gasteiger partial charge < -0.3 is 9.80 Å². The predicted molar refractivity (Wildman–Crippen MR) is 81.2 cm³/mol. The molecule has 0 saturated heterocycles. The average molecular weight is 276 g/mol. The Kier molecular flexibility index (Phi) is 4.26. The van der Waals surface area contributed by atoms with Crippen LogP contribution in [-0.4, -0.2) is 55.9 Å². The van der Waals surface area contributed by atoms with Crippen molar-refractivity contribution in [3.05, 3.63) is 22.6 Å². The van der Waals surface area contributed by atoms with Gasteiger partial charge in [-0.2, -0.15) is 0 Å². The Hall–Kier alpha value is -1.34. The highest BCUT2D eigenvalue weighted by atomic mass is 32.1. The lowest BCUT2D eigenvalue weighted by atomic mass is 10.1. The predicted octanol–water partition coefficient (Wildman–Crippen LogP) is -0.0623. The highest BCUT2D eigenvalue weighted by molar-refractivity contribution is 7.24. The first-order valence-electron chi connectivity index (χ1n) is 6.19. The molecule has 2 radical (unpaired) electrons. The smallest absolute Gasteiger partial charge is 0.260 e. The van der Waals surface area contributed by atoms with Gasteiger partial charge in [0.2, 0.25) is 0 Å². The Morgan fingerprint density at radius 2 is 2.16 bits per heavy atom. The topological polar surface area (TPSA) is 40.9 Å². The van der Waals surface area contributed by atoms with Crippen molar-refractivity contribution >= 4 is 34.7 Å². The fourth-order valence-corrected chi connectivity index (χ4v) is 2.57. The fourth-order valence-electron chi connectivity index (χ4n) is 1.83. The van der Waals surface area contributed by atoms with Crippen LogP contribution in [0.2, 0.25) is 0 Å². The summed E-state index contributed by atoms with van der Waals surface area (Å²) in [5.74, 6) is 0.719. The zero-order chi connectivity index (χ0) is 14.0. The van der Waals surface area contributed by atoms with Gasteiger partial charge >= 0.3 is 0 Å². The summed E-state index contributed by atoms with van der Waals surface area (Å²) in [7, 11) is 9.77. The van der Waals surface area contributed by atoms with Crippen LogP contribution in [-0.2, 0) is 0 Å². The van der Waals surface area contributed by atoms with Gasteiger partial charge in [0.1, 0.15) is 13.7 Å². The van der Waals surface area contributed by atoms with Gasteiger partial charge in [0.05, 0.1) is 0 Å². The molecule has 0 saturated carbocycles. The molecule has 0 fully saturated rings. The summed E-state index contributed by atoms with van der Waals surface area (Å²) in [5, 5.41) is 0. The second-order valence-corrected chi connectivity index (χ2v) is 5.66. The maximum atomic E-state index is 12.0. The van der Waals surface area contributed by atoms with Crippen LogP contribution in [0.1, 0.15) is 6.92 Å². The van der Waals surface area contributed by atoms with Crippen molar-refractivity contribution in [2.45, 2.75) is 6.92 Å². The molecule has 100 valence electrons. The van der Waals surface area contributed by atoms with Crippen molar-refractivity contribution in [2.24, 2.45) is 0 Å². The SMILES string of the molecule is [B]c1cn2c(=O)cc(N(CC)CCN(C)C)nc2s1. The molecule has 0 aromatic carbocycles. The average Bonchev–Trinajstić information content (AvgIpc) is 2.71. The van der Waals surface area contributed by atoms with Crippen LogP contribution in [0, 0.1) is 0 Å². The molecule has 0 spiro atoms. The van der Waals surface area contributed by atoms with Crippen LogP contribution in [0.15, 0.2) is 17.1 Å². The van der Waals surface area contributed by atoms with E-state index in [1.54, 1.807) is 12.3 Å². The zero-order valence-corrected chi connectivity index (χ0v) is 12.3. The van der Waals surface area contributed by atoms with E-state index in [0.717, 1.165) is 25.5 Å². The lowest BCUT2D eigenvalue weighted by Crippen LogP contribution is -2.33. The van der Waals surface area contributed by atoms with Crippen LogP contribution >= 0.6 is 11.3 Å². The van der Waals surface area contributed by atoms with Crippen molar-refractivity contribution in [1.29, 1.82) is 0 Å². The van der Waals surface area contributed by atoms with Crippen LogP contribution < -0.4 is 15.2 Å². The van der Waals surface area contributed by atoms with Crippen molar-refractivity contribution in [3.63, 3.8) is 0 Å². The van der Waals surface area contributed by atoms with E-state index in [2.05, 4.69) is 21.7 Å². The van der Waals surface area contributed by atoms with Crippen molar-refractivity contribution in [2.75, 3.05) is 38.6 Å². The highest BCUT2D eigenvalue weighted by Crippen LogP contribution is 2.11. The van der Waals surface area contributed by atoms with Gasteiger partial charge in [-0.1, -0.05) is 0 Å². The molecule has 2 rings (SSSR count). The van der Waals surface area contributed by atoms with Crippen LogP contribution in [0.5, 0.6) is 0 Å². The lowest BCUT2D eigenvalue weighted by molar-refractivity contribution is 0.413. The molecular formula is C12H17BN4OS. The largest absolute Gasteiger partial charge is 0.355 e. The number of anilines is 1. The van der Waals surface area contributed by atoms with E-state index in [-0.39, 0.29) is 5.56 Å². The van der Waals surface area contributed by atoms with Gasteiger partial charge in [0, 0.05) is 31.9 Å². The molecular weight excluding hydrogens is 259 g/mol. The van der Waals surface area contributed by atoms with E-state index in [4.69, 9.17) is 7.85 Å². The maximum Gasteiger partial charge on any atom is 0.260 e. The first kappa shape index (κ1) is 14.1. The number of hydrogen-bond acceptors (Lipinski definition) is 5. The standard InChI is InChI=1S/C12H17BN4OS/c1-4-16(6-5-15(2)3)10-7-11(18)17-8-9(13)19-12(17)14-10/h7-8H,4-6H2,1-3H3. The third kappa shape index (κ3) is 3.16. The molecule has 19 heavy (non-hydrogen) atoms. The van der Waals surface area contributed by atoms with Crippen molar-refractivity contribution in [3.8, 4) is 0 Å². The summed E-state index contributed by atoms with van der Waals surface area (Å²) >= 11 is 1.33. The van der Waals surface area contributed by atoms with E-state index in [1.165, 1.54) is 15.7 Å². The number of rotatable bonds is 5. The first-order chi connectivity index (χ1) is 9.01. The molecule has 0 atom stereocenters. The maximum absolute atomic E-state index is 12.0. The molecule has 0 N–H and O–H groups in total. The number of hydrogen-bond donors (Lipinski definition) is 0. The van der Waals surface area contributed by atoms with E-state index < -0.39 is 0 Å². The minimum atomic E-state index is -0.0868. The third-order valence-electron chi connectivity index (χ3n) is 2.89. The summed E-state index contributed by atoms with van der Waals surface area (Å²) in [5.41, 5.74) is -0.0868. The highest BCUT2D eigenvalue weighted by Gasteiger charge is 2.10. The van der Waals surface area contributed by atoms with Crippen LogP contribution in [0.4, 0.5) is 5.82 Å². The normalized spacial score (nSPS) is 11.4. The summed E-state index contributed by atoms with van der Waals surface area (Å²) < 4.78 is 2.08. The minimum Gasteiger partial charge on any atom is -0.355 e. The summed E-state index contributed by atoms with van der Waals surface area (Å²) in [6.45, 7) is 4.63. The molecule has 0 aliphatic rings. The van der Waals surface area contributed by atoms with E-state index >= 15 is 0 Å². The van der Waals surface area contributed by atoms with Gasteiger partial charge in [0.25, 0.3) is 5.56 Å². The Balaban J connectivity index is 2.35. The first-order valence-corrected chi connectivity index (χ1v) is 7.01. The Labute approximate surface area is 117 Å². The van der Waals surface area contributed by atoms with Gasteiger partial charge in [-0.3, -0.25) is 9.20 Å². The zero-order valence-electron chi connectivity index (χ0n) is 11.5. The second kappa shape index (κ2) is 5.75. The third-order valence-corrected chi connectivity index (χ3v) is 3.71. The number of nitrogens with zero attached hydrogens (tertiary/aromatic N) is 4. The summed E-state index contributed by atoms with van der Waals surface area (Å²) in [6, 6.07) is 1.57. The monoisotopic (exact) mass is 276 g/mol. The van der Waals surface area contributed by atoms with Gasteiger partial charge in [-0.25, -0.2) is 4.98 Å². The van der Waals surface area contributed by atoms with E-state index in [1.807, 2.05) is 14.1 Å². The molecule has 0 aliphatic heterocycles. The molecule has 2 aromatic rings. The Morgan fingerprint density at radius 1 is 1.42 bits per heavy atom.